The van der Waals surface area contributed by atoms with Gasteiger partial charge in [-0.15, -0.1) is 0 Å². The van der Waals surface area contributed by atoms with Gasteiger partial charge in [0.25, 0.3) is 0 Å². The Bertz CT molecular complexity index is 587. The summed E-state index contributed by atoms with van der Waals surface area (Å²) in [6.45, 7) is 0. The van der Waals surface area contributed by atoms with Crippen molar-refractivity contribution in [2.24, 2.45) is 0 Å². The van der Waals surface area contributed by atoms with Crippen molar-refractivity contribution in [3.8, 4) is 0 Å². The molecule has 1 heterocycles. The first-order valence-corrected chi connectivity index (χ1v) is 7.86. The number of nitrogen functional groups attached to an aromatic ring is 1. The number of nitrogens with two attached hydrogens (primary N) is 1. The van der Waals surface area contributed by atoms with Gasteiger partial charge in [-0.1, -0.05) is 12.1 Å². The SMILES string of the molecule is CSC1CCC(Nc2nc3ccccc3nc2N)C1. The number of nitrogens with one attached hydrogen (secondary N) is 1. The molecule has 0 aliphatic heterocycles. The number of para-hydroxylation sites is 2. The van der Waals surface area contributed by atoms with Gasteiger partial charge in [0, 0.05) is 11.3 Å². The molecule has 3 N–H and O–H groups in total. The van der Waals surface area contributed by atoms with Gasteiger partial charge >= 0.3 is 0 Å². The summed E-state index contributed by atoms with van der Waals surface area (Å²) in [4.78, 5) is 8.99. The van der Waals surface area contributed by atoms with Crippen molar-refractivity contribution in [3.05, 3.63) is 24.3 Å². The van der Waals surface area contributed by atoms with E-state index in [2.05, 4.69) is 21.5 Å². The molecule has 0 radical (unpaired) electrons. The number of benzene rings is 1. The summed E-state index contributed by atoms with van der Waals surface area (Å²) in [6, 6.07) is 8.28. The zero-order valence-electron chi connectivity index (χ0n) is 11.0. The molecule has 1 aromatic carbocycles. The van der Waals surface area contributed by atoms with E-state index in [0.717, 1.165) is 22.1 Å². The first kappa shape index (κ1) is 12.5. The van der Waals surface area contributed by atoms with Gasteiger partial charge in [-0.2, -0.15) is 11.8 Å². The van der Waals surface area contributed by atoms with Crippen molar-refractivity contribution in [2.75, 3.05) is 17.3 Å². The summed E-state index contributed by atoms with van der Waals surface area (Å²) in [7, 11) is 0. The normalized spacial score (nSPS) is 22.8. The van der Waals surface area contributed by atoms with Crippen molar-refractivity contribution in [1.29, 1.82) is 0 Å². The lowest BCUT2D eigenvalue weighted by molar-refractivity contribution is 0.753. The van der Waals surface area contributed by atoms with Crippen LogP contribution in [0.4, 0.5) is 11.6 Å². The van der Waals surface area contributed by atoms with E-state index in [-0.39, 0.29) is 0 Å². The highest BCUT2D eigenvalue weighted by Crippen LogP contribution is 2.31. The van der Waals surface area contributed by atoms with Crippen molar-refractivity contribution < 1.29 is 0 Å². The molecule has 1 saturated carbocycles. The zero-order chi connectivity index (χ0) is 13.2. The Kier molecular flexibility index (Phi) is 3.46. The van der Waals surface area contributed by atoms with E-state index in [1.165, 1.54) is 19.3 Å². The summed E-state index contributed by atoms with van der Waals surface area (Å²) in [6.07, 6.45) is 5.80. The molecular weight excluding hydrogens is 256 g/mol. The van der Waals surface area contributed by atoms with Crippen LogP contribution in [-0.2, 0) is 0 Å². The van der Waals surface area contributed by atoms with Crippen LogP contribution < -0.4 is 11.1 Å². The van der Waals surface area contributed by atoms with E-state index in [4.69, 9.17) is 5.73 Å². The molecule has 4 nitrogen and oxygen atoms in total. The van der Waals surface area contributed by atoms with Gasteiger partial charge in [-0.3, -0.25) is 0 Å². The number of thioether (sulfide) groups is 1. The molecule has 19 heavy (non-hydrogen) atoms. The summed E-state index contributed by atoms with van der Waals surface area (Å²) in [5.41, 5.74) is 7.72. The van der Waals surface area contributed by atoms with Crippen LogP contribution in [-0.4, -0.2) is 27.5 Å². The average molecular weight is 274 g/mol. The number of hydrogen-bond acceptors (Lipinski definition) is 5. The second-order valence-electron chi connectivity index (χ2n) is 4.96. The first-order chi connectivity index (χ1) is 9.26. The zero-order valence-corrected chi connectivity index (χ0v) is 11.8. The van der Waals surface area contributed by atoms with Crippen LogP contribution in [0.25, 0.3) is 11.0 Å². The van der Waals surface area contributed by atoms with E-state index in [9.17, 15) is 0 Å². The first-order valence-electron chi connectivity index (χ1n) is 6.58. The summed E-state index contributed by atoms with van der Waals surface area (Å²) >= 11 is 1.95. The number of rotatable bonds is 3. The molecular formula is C14H18N4S. The number of aromatic nitrogens is 2. The maximum absolute atomic E-state index is 5.99. The third-order valence-corrected chi connectivity index (χ3v) is 4.75. The lowest BCUT2D eigenvalue weighted by Crippen LogP contribution is -2.18. The molecule has 2 unspecified atom stereocenters. The minimum absolute atomic E-state index is 0.468. The molecule has 100 valence electrons. The van der Waals surface area contributed by atoms with Crippen molar-refractivity contribution in [1.82, 2.24) is 9.97 Å². The molecule has 5 heteroatoms. The van der Waals surface area contributed by atoms with E-state index in [1.807, 2.05) is 36.0 Å². The summed E-state index contributed by atoms with van der Waals surface area (Å²) in [5.74, 6) is 1.22. The molecule has 0 saturated heterocycles. The lowest BCUT2D eigenvalue weighted by Gasteiger charge is -2.15. The van der Waals surface area contributed by atoms with Gasteiger partial charge in [-0.25, -0.2) is 9.97 Å². The Morgan fingerprint density at radius 2 is 1.95 bits per heavy atom. The standard InChI is InChI=1S/C14H18N4S/c1-19-10-7-6-9(8-10)16-14-13(15)17-11-4-2-3-5-12(11)18-14/h2-5,9-10H,6-8H2,1H3,(H2,15,17)(H,16,18). The Morgan fingerprint density at radius 3 is 2.63 bits per heavy atom. The van der Waals surface area contributed by atoms with E-state index >= 15 is 0 Å². The predicted molar refractivity (Wildman–Crippen MR) is 82.5 cm³/mol. The fourth-order valence-electron chi connectivity index (χ4n) is 2.60. The fraction of sp³-hybridized carbons (Fsp3) is 0.429. The van der Waals surface area contributed by atoms with Crippen LogP contribution in [0.3, 0.4) is 0 Å². The Hall–Kier alpha value is -1.49. The average Bonchev–Trinajstić information content (AvgIpc) is 2.87. The predicted octanol–water partition coefficient (Wildman–Crippen LogP) is 2.91. The quantitative estimate of drug-likeness (QED) is 0.901. The lowest BCUT2D eigenvalue weighted by atomic mass is 10.2. The van der Waals surface area contributed by atoms with E-state index in [0.29, 0.717) is 11.9 Å². The Balaban J connectivity index is 1.83. The molecule has 2 atom stereocenters. The molecule has 0 bridgehead atoms. The number of fused-ring (bicyclic) bond motifs is 1. The van der Waals surface area contributed by atoms with Gasteiger partial charge < -0.3 is 11.1 Å². The second-order valence-corrected chi connectivity index (χ2v) is 6.10. The molecule has 2 aromatic rings. The van der Waals surface area contributed by atoms with Crippen LogP contribution in [0.2, 0.25) is 0 Å². The maximum atomic E-state index is 5.99. The van der Waals surface area contributed by atoms with Gasteiger partial charge in [0.2, 0.25) is 0 Å². The van der Waals surface area contributed by atoms with Crippen molar-refractivity contribution >= 4 is 34.4 Å². The molecule has 0 amide bonds. The van der Waals surface area contributed by atoms with Gasteiger partial charge in [0.05, 0.1) is 11.0 Å². The molecule has 3 rings (SSSR count). The molecule has 1 aliphatic rings. The third kappa shape index (κ3) is 2.61. The minimum atomic E-state index is 0.468. The molecule has 1 aromatic heterocycles. The van der Waals surface area contributed by atoms with Crippen LogP contribution in [0.1, 0.15) is 19.3 Å². The molecule has 1 fully saturated rings. The Morgan fingerprint density at radius 1 is 1.21 bits per heavy atom. The van der Waals surface area contributed by atoms with Crippen LogP contribution in [0.15, 0.2) is 24.3 Å². The number of nitrogens with zero attached hydrogens (tertiary/aromatic N) is 2. The molecule has 0 spiro atoms. The Labute approximate surface area is 117 Å². The fourth-order valence-corrected chi connectivity index (χ4v) is 3.40. The van der Waals surface area contributed by atoms with Gasteiger partial charge in [0.1, 0.15) is 0 Å². The van der Waals surface area contributed by atoms with E-state index < -0.39 is 0 Å². The largest absolute Gasteiger partial charge is 0.381 e. The van der Waals surface area contributed by atoms with Crippen LogP contribution in [0.5, 0.6) is 0 Å². The van der Waals surface area contributed by atoms with Crippen molar-refractivity contribution in [3.63, 3.8) is 0 Å². The summed E-state index contributed by atoms with van der Waals surface area (Å²) < 4.78 is 0. The topological polar surface area (TPSA) is 63.8 Å². The van der Waals surface area contributed by atoms with Crippen LogP contribution in [0, 0.1) is 0 Å². The maximum Gasteiger partial charge on any atom is 0.169 e. The third-order valence-electron chi connectivity index (χ3n) is 3.66. The minimum Gasteiger partial charge on any atom is -0.381 e. The van der Waals surface area contributed by atoms with Crippen molar-refractivity contribution in [2.45, 2.75) is 30.6 Å². The summed E-state index contributed by atoms with van der Waals surface area (Å²) in [5, 5.41) is 4.21. The monoisotopic (exact) mass is 274 g/mol. The second kappa shape index (κ2) is 5.25. The van der Waals surface area contributed by atoms with Gasteiger partial charge in [0.15, 0.2) is 11.6 Å². The highest BCUT2D eigenvalue weighted by atomic mass is 32.2. The number of anilines is 2. The van der Waals surface area contributed by atoms with Crippen LogP contribution >= 0.6 is 11.8 Å². The van der Waals surface area contributed by atoms with Gasteiger partial charge in [-0.05, 0) is 37.7 Å². The highest BCUT2D eigenvalue weighted by molar-refractivity contribution is 7.99. The van der Waals surface area contributed by atoms with E-state index in [1.54, 1.807) is 0 Å². The smallest absolute Gasteiger partial charge is 0.169 e. The molecule has 1 aliphatic carbocycles. The number of hydrogen-bond donors (Lipinski definition) is 2. The highest BCUT2D eigenvalue weighted by Gasteiger charge is 2.24.